The van der Waals surface area contributed by atoms with E-state index in [1.807, 2.05) is 6.07 Å². The molecule has 10 heteroatoms. The Morgan fingerprint density at radius 1 is 1.17 bits per heavy atom. The molecule has 0 unspecified atom stereocenters. The number of rotatable bonds is 5. The number of hydrogen-bond donors (Lipinski definition) is 4. The minimum atomic E-state index is -0.406. The Morgan fingerprint density at radius 2 is 2.00 bits per heavy atom. The highest BCUT2D eigenvalue weighted by atomic mass is 35.5. The molecule has 0 bridgehead atoms. The molecule has 4 N–H and O–H groups in total. The summed E-state index contributed by atoms with van der Waals surface area (Å²) in [4.78, 5) is 28.8. The Balaban J connectivity index is 1.34. The molecular formula is C19H16ClFN6O2. The summed E-state index contributed by atoms with van der Waals surface area (Å²) in [6.45, 7) is 0.552. The molecule has 148 valence electrons. The number of carbonyl (C=O) groups excluding carboxylic acids is 1. The first-order valence-corrected chi connectivity index (χ1v) is 9.06. The lowest BCUT2D eigenvalue weighted by Crippen LogP contribution is -2.28. The molecular weight excluding hydrogens is 399 g/mol. The van der Waals surface area contributed by atoms with E-state index in [9.17, 15) is 14.0 Å². The number of anilines is 1. The van der Waals surface area contributed by atoms with Crippen LogP contribution in [0.4, 0.5) is 14.9 Å². The topological polar surface area (TPSA) is 108 Å². The predicted molar refractivity (Wildman–Crippen MR) is 108 cm³/mol. The third kappa shape index (κ3) is 4.46. The van der Waals surface area contributed by atoms with Gasteiger partial charge in [0.2, 0.25) is 0 Å². The van der Waals surface area contributed by atoms with Crippen LogP contribution >= 0.6 is 11.6 Å². The van der Waals surface area contributed by atoms with Crippen molar-refractivity contribution in [3.8, 4) is 0 Å². The van der Waals surface area contributed by atoms with E-state index in [-0.39, 0.29) is 24.6 Å². The largest absolute Gasteiger partial charge is 0.334 e. The molecule has 0 spiro atoms. The molecule has 29 heavy (non-hydrogen) atoms. The summed E-state index contributed by atoms with van der Waals surface area (Å²) < 4.78 is 14.9. The van der Waals surface area contributed by atoms with Crippen molar-refractivity contribution in [1.29, 1.82) is 0 Å². The van der Waals surface area contributed by atoms with Crippen LogP contribution in [-0.2, 0) is 13.1 Å². The summed E-state index contributed by atoms with van der Waals surface area (Å²) in [6.07, 6.45) is 3.11. The second-order valence-electron chi connectivity index (χ2n) is 6.43. The molecule has 0 aliphatic heterocycles. The maximum atomic E-state index is 13.4. The highest BCUT2D eigenvalue weighted by molar-refractivity contribution is 6.31. The van der Waals surface area contributed by atoms with Crippen LogP contribution in [0, 0.1) is 5.82 Å². The lowest BCUT2D eigenvalue weighted by Gasteiger charge is -2.06. The Kier molecular flexibility index (Phi) is 5.05. The van der Waals surface area contributed by atoms with E-state index in [1.165, 1.54) is 24.4 Å². The Labute approximate surface area is 168 Å². The van der Waals surface area contributed by atoms with Gasteiger partial charge >= 0.3 is 11.7 Å². The number of fused-ring (bicyclic) bond motifs is 1. The molecule has 0 aliphatic rings. The minimum Gasteiger partial charge on any atom is -0.334 e. The zero-order valence-electron chi connectivity index (χ0n) is 15.0. The number of carbonyl (C=O) groups is 1. The van der Waals surface area contributed by atoms with E-state index in [4.69, 9.17) is 11.6 Å². The van der Waals surface area contributed by atoms with Crippen molar-refractivity contribution in [3.63, 3.8) is 0 Å². The van der Waals surface area contributed by atoms with Crippen LogP contribution in [0.15, 0.2) is 53.6 Å². The fourth-order valence-corrected chi connectivity index (χ4v) is 3.08. The summed E-state index contributed by atoms with van der Waals surface area (Å²) in [7, 11) is 0. The highest BCUT2D eigenvalue weighted by Gasteiger charge is 2.08. The van der Waals surface area contributed by atoms with Crippen LogP contribution < -0.4 is 16.3 Å². The van der Waals surface area contributed by atoms with Crippen LogP contribution in [0.3, 0.4) is 0 Å². The number of nitrogens with zero attached hydrogens (tertiary/aromatic N) is 2. The summed E-state index contributed by atoms with van der Waals surface area (Å²) in [6, 6.07) is 9.08. The van der Waals surface area contributed by atoms with E-state index in [0.717, 1.165) is 5.56 Å². The van der Waals surface area contributed by atoms with Gasteiger partial charge in [0.15, 0.2) is 0 Å². The van der Waals surface area contributed by atoms with Crippen molar-refractivity contribution >= 4 is 34.4 Å². The standard InChI is InChI=1S/C19H16ClFN6O2/c20-15-3-2-13(21)6-12(15)9-27-10-14(8-23-27)24-18(28)22-7-11-1-4-16-17(5-11)26-19(29)25-16/h1-6,8,10H,7,9H2,(H2,22,24,28)(H2,25,26,29). The van der Waals surface area contributed by atoms with Crippen molar-refractivity contribution in [3.05, 3.63) is 81.2 Å². The van der Waals surface area contributed by atoms with E-state index < -0.39 is 6.03 Å². The normalized spacial score (nSPS) is 11.0. The number of urea groups is 1. The van der Waals surface area contributed by atoms with E-state index in [2.05, 4.69) is 25.7 Å². The lowest BCUT2D eigenvalue weighted by molar-refractivity contribution is 0.251. The number of amides is 2. The maximum absolute atomic E-state index is 13.4. The summed E-state index contributed by atoms with van der Waals surface area (Å²) in [5, 5.41) is 10.0. The molecule has 0 radical (unpaired) electrons. The second-order valence-corrected chi connectivity index (χ2v) is 6.84. The Morgan fingerprint density at radius 3 is 2.86 bits per heavy atom. The molecule has 0 atom stereocenters. The number of aromatic amines is 2. The van der Waals surface area contributed by atoms with Gasteiger partial charge in [0, 0.05) is 17.8 Å². The van der Waals surface area contributed by atoms with Crippen molar-refractivity contribution in [2.24, 2.45) is 0 Å². The zero-order valence-corrected chi connectivity index (χ0v) is 15.8. The average Bonchev–Trinajstić information content (AvgIpc) is 3.27. The van der Waals surface area contributed by atoms with Gasteiger partial charge in [-0.3, -0.25) is 4.68 Å². The summed E-state index contributed by atoms with van der Waals surface area (Å²) >= 11 is 6.07. The van der Waals surface area contributed by atoms with Crippen LogP contribution in [0.2, 0.25) is 5.02 Å². The van der Waals surface area contributed by atoms with Gasteiger partial charge in [-0.15, -0.1) is 0 Å². The number of aromatic nitrogens is 4. The van der Waals surface area contributed by atoms with E-state index in [0.29, 0.717) is 27.3 Å². The SMILES string of the molecule is O=C(NCc1ccc2[nH]c(=O)[nH]c2c1)Nc1cnn(Cc2cc(F)ccc2Cl)c1. The smallest absolute Gasteiger partial charge is 0.323 e. The third-order valence-corrected chi connectivity index (χ3v) is 4.63. The van der Waals surface area contributed by atoms with Gasteiger partial charge in [0.25, 0.3) is 0 Å². The average molecular weight is 415 g/mol. The van der Waals surface area contributed by atoms with Gasteiger partial charge in [0.05, 0.1) is 29.5 Å². The van der Waals surface area contributed by atoms with E-state index >= 15 is 0 Å². The first-order valence-electron chi connectivity index (χ1n) is 8.68. The number of halogens is 2. The molecule has 2 amide bonds. The van der Waals surface area contributed by atoms with Crippen LogP contribution in [0.1, 0.15) is 11.1 Å². The molecule has 0 saturated heterocycles. The number of hydrogen-bond acceptors (Lipinski definition) is 3. The lowest BCUT2D eigenvalue weighted by atomic mass is 10.2. The quantitative estimate of drug-likeness (QED) is 0.402. The van der Waals surface area contributed by atoms with Crippen LogP contribution in [0.5, 0.6) is 0 Å². The Bertz CT molecular complexity index is 1240. The molecule has 0 aliphatic carbocycles. The fourth-order valence-electron chi connectivity index (χ4n) is 2.90. The van der Waals surface area contributed by atoms with Crippen molar-refractivity contribution in [1.82, 2.24) is 25.1 Å². The number of benzene rings is 2. The monoisotopic (exact) mass is 414 g/mol. The van der Waals surface area contributed by atoms with Crippen molar-refractivity contribution in [2.75, 3.05) is 5.32 Å². The van der Waals surface area contributed by atoms with Gasteiger partial charge in [-0.2, -0.15) is 5.10 Å². The molecule has 2 heterocycles. The van der Waals surface area contributed by atoms with Gasteiger partial charge in [-0.05, 0) is 41.5 Å². The predicted octanol–water partition coefficient (Wildman–Crippen LogP) is 3.22. The van der Waals surface area contributed by atoms with Crippen LogP contribution in [-0.4, -0.2) is 25.8 Å². The van der Waals surface area contributed by atoms with Gasteiger partial charge in [-0.1, -0.05) is 17.7 Å². The molecule has 8 nitrogen and oxygen atoms in total. The zero-order chi connectivity index (χ0) is 20.4. The minimum absolute atomic E-state index is 0.273. The molecule has 2 aromatic carbocycles. The highest BCUT2D eigenvalue weighted by Crippen LogP contribution is 2.18. The number of nitrogens with one attached hydrogen (secondary N) is 4. The van der Waals surface area contributed by atoms with Crippen LogP contribution in [0.25, 0.3) is 11.0 Å². The summed E-state index contributed by atoms with van der Waals surface area (Å²) in [5.74, 6) is -0.379. The number of H-pyrrole nitrogens is 2. The van der Waals surface area contributed by atoms with E-state index in [1.54, 1.807) is 23.0 Å². The van der Waals surface area contributed by atoms with Gasteiger partial charge in [0.1, 0.15) is 5.82 Å². The second kappa shape index (κ2) is 7.80. The summed E-state index contributed by atoms with van der Waals surface area (Å²) in [5.41, 5.74) is 3.00. The molecule has 4 rings (SSSR count). The van der Waals surface area contributed by atoms with Gasteiger partial charge in [-0.25, -0.2) is 14.0 Å². The number of imidazole rings is 1. The maximum Gasteiger partial charge on any atom is 0.323 e. The first kappa shape index (κ1) is 18.8. The molecule has 0 fully saturated rings. The first-order chi connectivity index (χ1) is 14.0. The molecule has 2 aromatic heterocycles. The molecule has 0 saturated carbocycles. The fraction of sp³-hybridized carbons (Fsp3) is 0.105. The van der Waals surface area contributed by atoms with Gasteiger partial charge < -0.3 is 20.6 Å². The Hall–Kier alpha value is -3.59. The van der Waals surface area contributed by atoms with Crippen molar-refractivity contribution in [2.45, 2.75) is 13.1 Å². The molecule has 4 aromatic rings. The van der Waals surface area contributed by atoms with Crippen molar-refractivity contribution < 1.29 is 9.18 Å². The third-order valence-electron chi connectivity index (χ3n) is 4.26.